The number of rotatable bonds is 5. The Bertz CT molecular complexity index is 653. The highest BCUT2D eigenvalue weighted by atomic mass is 16.2. The van der Waals surface area contributed by atoms with Crippen molar-refractivity contribution >= 4 is 5.91 Å². The maximum Gasteiger partial charge on any atom is 0.227 e. The average Bonchev–Trinajstić information content (AvgIpc) is 2.56. The lowest BCUT2D eigenvalue weighted by molar-refractivity contribution is -0.150. The van der Waals surface area contributed by atoms with Gasteiger partial charge in [-0.15, -0.1) is 0 Å². The number of aryl methyl sites for hydroxylation is 1. The topological polar surface area (TPSA) is 57.0 Å². The number of carbonyl (C=O) groups is 1. The van der Waals surface area contributed by atoms with Crippen molar-refractivity contribution in [1.29, 1.82) is 5.26 Å². The van der Waals surface area contributed by atoms with Crippen LogP contribution in [0.4, 0.5) is 0 Å². The van der Waals surface area contributed by atoms with Gasteiger partial charge in [0.2, 0.25) is 5.91 Å². The predicted octanol–water partition coefficient (Wildman–Crippen LogP) is 3.64. The summed E-state index contributed by atoms with van der Waals surface area (Å²) in [6.07, 6.45) is 10.2. The zero-order valence-corrected chi connectivity index (χ0v) is 15.1. The van der Waals surface area contributed by atoms with Gasteiger partial charge >= 0.3 is 0 Å². The standard InChI is InChI=1S/C21H27N3O/c1-15-3-4-16(14-23-15)10-20(25)24(6-2-5-22)21-11-17-7-18(12-21)9-19(8-17)13-21/h3-4,14,17-19H,2,6-13H2,1H3. The van der Waals surface area contributed by atoms with E-state index in [1.165, 1.54) is 19.3 Å². The van der Waals surface area contributed by atoms with Crippen molar-refractivity contribution in [2.24, 2.45) is 17.8 Å². The van der Waals surface area contributed by atoms with E-state index in [4.69, 9.17) is 5.26 Å². The molecular formula is C21H27N3O. The summed E-state index contributed by atoms with van der Waals surface area (Å²) in [6.45, 7) is 2.54. The van der Waals surface area contributed by atoms with Crippen molar-refractivity contribution in [3.8, 4) is 6.07 Å². The van der Waals surface area contributed by atoms with E-state index in [1.807, 2.05) is 25.3 Å². The van der Waals surface area contributed by atoms with Gasteiger partial charge in [-0.2, -0.15) is 5.26 Å². The van der Waals surface area contributed by atoms with Crippen LogP contribution in [0.5, 0.6) is 0 Å². The van der Waals surface area contributed by atoms with E-state index >= 15 is 0 Å². The quantitative estimate of drug-likeness (QED) is 0.824. The first kappa shape index (κ1) is 16.6. The molecule has 4 aliphatic rings. The van der Waals surface area contributed by atoms with E-state index in [-0.39, 0.29) is 11.4 Å². The van der Waals surface area contributed by atoms with Crippen LogP contribution in [0.1, 0.15) is 56.2 Å². The second-order valence-electron chi connectivity index (χ2n) is 8.58. The van der Waals surface area contributed by atoms with Crippen molar-refractivity contribution in [3.05, 3.63) is 29.6 Å². The first-order chi connectivity index (χ1) is 12.1. The molecule has 4 aliphatic carbocycles. The van der Waals surface area contributed by atoms with Crippen LogP contribution in [-0.4, -0.2) is 27.9 Å². The van der Waals surface area contributed by atoms with Gasteiger partial charge in [-0.1, -0.05) is 6.07 Å². The molecule has 0 aliphatic heterocycles. The van der Waals surface area contributed by atoms with Crippen molar-refractivity contribution in [3.63, 3.8) is 0 Å². The number of amides is 1. The fourth-order valence-electron chi connectivity index (χ4n) is 6.06. The molecule has 0 saturated heterocycles. The molecule has 0 spiro atoms. The van der Waals surface area contributed by atoms with E-state index in [0.717, 1.165) is 48.3 Å². The van der Waals surface area contributed by atoms with Crippen LogP contribution in [0, 0.1) is 36.0 Å². The third kappa shape index (κ3) is 3.17. The Morgan fingerprint density at radius 1 is 1.24 bits per heavy atom. The Balaban J connectivity index is 1.56. The predicted molar refractivity (Wildman–Crippen MR) is 95.5 cm³/mol. The van der Waals surface area contributed by atoms with Crippen molar-refractivity contribution in [2.75, 3.05) is 6.54 Å². The van der Waals surface area contributed by atoms with E-state index in [0.29, 0.717) is 19.4 Å². The molecule has 4 saturated carbocycles. The van der Waals surface area contributed by atoms with Gasteiger partial charge in [0, 0.05) is 24.0 Å². The fourth-order valence-corrected chi connectivity index (χ4v) is 6.06. The first-order valence-electron chi connectivity index (χ1n) is 9.67. The molecule has 132 valence electrons. The SMILES string of the molecule is Cc1ccc(CC(=O)N(CCC#N)C23CC4CC(CC(C4)C2)C3)cn1. The number of nitrogens with zero attached hydrogens (tertiary/aromatic N) is 3. The third-order valence-electron chi connectivity index (χ3n) is 6.65. The van der Waals surface area contributed by atoms with E-state index < -0.39 is 0 Å². The van der Waals surface area contributed by atoms with Gasteiger partial charge in [0.15, 0.2) is 0 Å². The lowest BCUT2D eigenvalue weighted by Gasteiger charge is -2.60. The van der Waals surface area contributed by atoms with Crippen LogP contribution in [0.2, 0.25) is 0 Å². The molecule has 0 N–H and O–H groups in total. The molecule has 4 heteroatoms. The Morgan fingerprint density at radius 2 is 1.88 bits per heavy atom. The molecule has 5 rings (SSSR count). The molecule has 0 radical (unpaired) electrons. The monoisotopic (exact) mass is 337 g/mol. The highest BCUT2D eigenvalue weighted by Crippen LogP contribution is 2.57. The Hall–Kier alpha value is -1.89. The highest BCUT2D eigenvalue weighted by Gasteiger charge is 2.54. The zero-order valence-electron chi connectivity index (χ0n) is 15.1. The number of hydrogen-bond acceptors (Lipinski definition) is 3. The van der Waals surface area contributed by atoms with Gasteiger partial charge in [0.25, 0.3) is 0 Å². The maximum atomic E-state index is 13.2. The van der Waals surface area contributed by atoms with E-state index in [2.05, 4.69) is 16.0 Å². The number of nitriles is 1. The lowest BCUT2D eigenvalue weighted by Crippen LogP contribution is -2.62. The van der Waals surface area contributed by atoms with Crippen molar-refractivity contribution in [2.45, 2.75) is 63.8 Å². The van der Waals surface area contributed by atoms with E-state index in [1.54, 1.807) is 0 Å². The van der Waals surface area contributed by atoms with Crippen molar-refractivity contribution in [1.82, 2.24) is 9.88 Å². The molecule has 4 nitrogen and oxygen atoms in total. The zero-order chi connectivity index (χ0) is 17.4. The molecule has 1 aromatic heterocycles. The molecule has 1 heterocycles. The summed E-state index contributed by atoms with van der Waals surface area (Å²) in [4.78, 5) is 19.6. The summed E-state index contributed by atoms with van der Waals surface area (Å²) in [6, 6.07) is 6.22. The van der Waals surface area contributed by atoms with Crippen LogP contribution in [-0.2, 0) is 11.2 Å². The van der Waals surface area contributed by atoms with Crippen LogP contribution >= 0.6 is 0 Å². The summed E-state index contributed by atoms with van der Waals surface area (Å²) >= 11 is 0. The van der Waals surface area contributed by atoms with Crippen LogP contribution < -0.4 is 0 Å². The summed E-state index contributed by atoms with van der Waals surface area (Å²) in [5.41, 5.74) is 1.97. The molecule has 0 unspecified atom stereocenters. The summed E-state index contributed by atoms with van der Waals surface area (Å²) in [7, 11) is 0. The fraction of sp³-hybridized carbons (Fsp3) is 0.667. The second kappa shape index (κ2) is 6.44. The van der Waals surface area contributed by atoms with Crippen molar-refractivity contribution < 1.29 is 4.79 Å². The maximum absolute atomic E-state index is 13.2. The molecule has 0 aromatic carbocycles. The Kier molecular flexibility index (Phi) is 4.27. The minimum atomic E-state index is 0.0286. The second-order valence-corrected chi connectivity index (χ2v) is 8.58. The number of hydrogen-bond donors (Lipinski definition) is 0. The van der Waals surface area contributed by atoms with Crippen LogP contribution in [0.15, 0.2) is 18.3 Å². The van der Waals surface area contributed by atoms with Gasteiger partial charge < -0.3 is 4.90 Å². The molecule has 1 aromatic rings. The van der Waals surface area contributed by atoms with Crippen LogP contribution in [0.3, 0.4) is 0 Å². The third-order valence-corrected chi connectivity index (χ3v) is 6.65. The summed E-state index contributed by atoms with van der Waals surface area (Å²) < 4.78 is 0. The Morgan fingerprint density at radius 3 is 2.40 bits per heavy atom. The summed E-state index contributed by atoms with van der Waals surface area (Å²) in [5.74, 6) is 2.57. The minimum Gasteiger partial charge on any atom is -0.336 e. The van der Waals surface area contributed by atoms with Gasteiger partial charge in [0.05, 0.1) is 18.9 Å². The lowest BCUT2D eigenvalue weighted by atomic mass is 9.52. The van der Waals surface area contributed by atoms with Gasteiger partial charge in [-0.25, -0.2) is 0 Å². The minimum absolute atomic E-state index is 0.0286. The molecular weight excluding hydrogens is 310 g/mol. The number of aromatic nitrogens is 1. The average molecular weight is 337 g/mol. The largest absolute Gasteiger partial charge is 0.336 e. The molecule has 4 bridgehead atoms. The Labute approximate surface area is 150 Å². The smallest absolute Gasteiger partial charge is 0.227 e. The molecule has 1 amide bonds. The normalized spacial score (nSPS) is 32.4. The molecule has 4 fully saturated rings. The van der Waals surface area contributed by atoms with Gasteiger partial charge in [-0.05, 0) is 74.8 Å². The highest BCUT2D eigenvalue weighted by molar-refractivity contribution is 5.79. The number of pyridine rings is 1. The van der Waals surface area contributed by atoms with E-state index in [9.17, 15) is 4.79 Å². The summed E-state index contributed by atoms with van der Waals surface area (Å²) in [5, 5.41) is 9.10. The molecule has 0 atom stereocenters. The van der Waals surface area contributed by atoms with Gasteiger partial charge in [-0.3, -0.25) is 9.78 Å². The first-order valence-corrected chi connectivity index (χ1v) is 9.67. The number of carbonyl (C=O) groups excluding carboxylic acids is 1. The molecule has 25 heavy (non-hydrogen) atoms. The van der Waals surface area contributed by atoms with Gasteiger partial charge in [0.1, 0.15) is 0 Å². The van der Waals surface area contributed by atoms with Crippen LogP contribution in [0.25, 0.3) is 0 Å².